The van der Waals surface area contributed by atoms with Crippen LogP contribution in [0.4, 0.5) is 0 Å². The first-order chi connectivity index (χ1) is 8.87. The number of sulfonamides is 1. The van der Waals surface area contributed by atoms with Crippen LogP contribution < -0.4 is 5.73 Å². The van der Waals surface area contributed by atoms with E-state index >= 15 is 0 Å². The molecular weight excluding hydrogens is 262 g/mol. The van der Waals surface area contributed by atoms with Crippen molar-refractivity contribution in [3.05, 3.63) is 29.8 Å². The van der Waals surface area contributed by atoms with Gasteiger partial charge in [-0.05, 0) is 44.3 Å². The third-order valence-corrected chi connectivity index (χ3v) is 4.68. The van der Waals surface area contributed by atoms with Crippen LogP contribution in [0.5, 0.6) is 0 Å². The van der Waals surface area contributed by atoms with E-state index in [1.165, 1.54) is 18.4 Å². The molecule has 0 aliphatic rings. The van der Waals surface area contributed by atoms with E-state index in [0.29, 0.717) is 11.4 Å². The van der Waals surface area contributed by atoms with Gasteiger partial charge in [0.1, 0.15) is 0 Å². The molecule has 0 bridgehead atoms. The SMILES string of the molecule is CN(CCCN)Cc1cccc(S(=O)(=O)N(C)C)c1. The second kappa shape index (κ2) is 7.00. The van der Waals surface area contributed by atoms with Crippen molar-refractivity contribution < 1.29 is 8.42 Å². The topological polar surface area (TPSA) is 66.6 Å². The average Bonchev–Trinajstić information content (AvgIpc) is 2.36. The predicted molar refractivity (Wildman–Crippen MR) is 77.3 cm³/mol. The molecular formula is C13H23N3O2S. The minimum atomic E-state index is -3.36. The maximum atomic E-state index is 12.0. The second-order valence-electron chi connectivity index (χ2n) is 4.81. The zero-order valence-corrected chi connectivity index (χ0v) is 12.7. The minimum absolute atomic E-state index is 0.335. The van der Waals surface area contributed by atoms with Gasteiger partial charge < -0.3 is 10.6 Å². The zero-order valence-electron chi connectivity index (χ0n) is 11.8. The highest BCUT2D eigenvalue weighted by molar-refractivity contribution is 7.89. The van der Waals surface area contributed by atoms with E-state index < -0.39 is 10.0 Å². The van der Waals surface area contributed by atoms with Gasteiger partial charge in [0.05, 0.1) is 4.90 Å². The van der Waals surface area contributed by atoms with Crippen molar-refractivity contribution in [2.75, 3.05) is 34.2 Å². The third-order valence-electron chi connectivity index (χ3n) is 2.87. The fourth-order valence-corrected chi connectivity index (χ4v) is 2.74. The molecule has 0 aromatic heterocycles. The lowest BCUT2D eigenvalue weighted by Crippen LogP contribution is -2.23. The van der Waals surface area contributed by atoms with E-state index in [4.69, 9.17) is 5.73 Å². The molecule has 0 radical (unpaired) electrons. The average molecular weight is 285 g/mol. The summed E-state index contributed by atoms with van der Waals surface area (Å²) >= 11 is 0. The largest absolute Gasteiger partial charge is 0.330 e. The van der Waals surface area contributed by atoms with E-state index in [1.54, 1.807) is 18.2 Å². The van der Waals surface area contributed by atoms with Gasteiger partial charge in [0.25, 0.3) is 0 Å². The molecule has 0 amide bonds. The number of nitrogens with two attached hydrogens (primary N) is 1. The number of hydrogen-bond acceptors (Lipinski definition) is 4. The summed E-state index contributed by atoms with van der Waals surface area (Å²) in [6.45, 7) is 2.29. The summed E-state index contributed by atoms with van der Waals surface area (Å²) in [6.07, 6.45) is 0.937. The Morgan fingerprint density at radius 2 is 1.89 bits per heavy atom. The molecule has 0 spiro atoms. The summed E-state index contributed by atoms with van der Waals surface area (Å²) in [5.74, 6) is 0. The maximum absolute atomic E-state index is 12.0. The van der Waals surface area contributed by atoms with E-state index in [-0.39, 0.29) is 0 Å². The van der Waals surface area contributed by atoms with E-state index in [2.05, 4.69) is 4.90 Å². The molecule has 0 saturated carbocycles. The molecule has 0 aliphatic carbocycles. The quantitative estimate of drug-likeness (QED) is 0.801. The monoisotopic (exact) mass is 285 g/mol. The zero-order chi connectivity index (χ0) is 14.5. The normalized spacial score (nSPS) is 12.3. The lowest BCUT2D eigenvalue weighted by molar-refractivity contribution is 0.324. The molecule has 19 heavy (non-hydrogen) atoms. The Morgan fingerprint density at radius 1 is 1.21 bits per heavy atom. The van der Waals surface area contributed by atoms with Crippen LogP contribution >= 0.6 is 0 Å². The Morgan fingerprint density at radius 3 is 2.47 bits per heavy atom. The Balaban J connectivity index is 2.84. The molecule has 2 N–H and O–H groups in total. The highest BCUT2D eigenvalue weighted by atomic mass is 32.2. The molecule has 6 heteroatoms. The molecule has 1 aromatic rings. The first kappa shape index (κ1) is 16.1. The Bertz CT molecular complexity index is 500. The molecule has 5 nitrogen and oxygen atoms in total. The van der Waals surface area contributed by atoms with Crippen molar-refractivity contribution in [1.29, 1.82) is 0 Å². The van der Waals surface area contributed by atoms with Gasteiger partial charge in [-0.15, -0.1) is 0 Å². The molecule has 0 unspecified atom stereocenters. The standard InChI is InChI=1S/C13H23N3O2S/c1-15(2)19(17,18)13-7-4-6-12(10-13)11-16(3)9-5-8-14/h4,6-7,10H,5,8-9,11,14H2,1-3H3. The van der Waals surface area contributed by atoms with Gasteiger partial charge in [-0.25, -0.2) is 12.7 Å². The van der Waals surface area contributed by atoms with Crippen molar-refractivity contribution in [3.8, 4) is 0 Å². The van der Waals surface area contributed by atoms with Crippen LogP contribution in [0.2, 0.25) is 0 Å². The highest BCUT2D eigenvalue weighted by Crippen LogP contribution is 2.15. The summed E-state index contributed by atoms with van der Waals surface area (Å²) in [7, 11) is 1.72. The molecule has 0 saturated heterocycles. The number of hydrogen-bond donors (Lipinski definition) is 1. The van der Waals surface area contributed by atoms with Gasteiger partial charge >= 0.3 is 0 Å². The van der Waals surface area contributed by atoms with Gasteiger partial charge in [0, 0.05) is 20.6 Å². The second-order valence-corrected chi connectivity index (χ2v) is 6.97. The van der Waals surface area contributed by atoms with Gasteiger partial charge in [-0.3, -0.25) is 0 Å². The molecule has 0 heterocycles. The van der Waals surface area contributed by atoms with Crippen molar-refractivity contribution in [3.63, 3.8) is 0 Å². The van der Waals surface area contributed by atoms with Crippen LogP contribution in [-0.2, 0) is 16.6 Å². The fourth-order valence-electron chi connectivity index (χ4n) is 1.77. The van der Waals surface area contributed by atoms with E-state index in [0.717, 1.165) is 25.1 Å². The van der Waals surface area contributed by atoms with Crippen LogP contribution in [-0.4, -0.2) is 51.9 Å². The predicted octanol–water partition coefficient (Wildman–Crippen LogP) is 0.718. The van der Waals surface area contributed by atoms with E-state index in [1.807, 2.05) is 13.1 Å². The lowest BCUT2D eigenvalue weighted by Gasteiger charge is -2.17. The first-order valence-corrected chi connectivity index (χ1v) is 7.72. The Hall–Kier alpha value is -0.950. The maximum Gasteiger partial charge on any atom is 0.242 e. The fraction of sp³-hybridized carbons (Fsp3) is 0.538. The Labute approximate surface area is 116 Å². The smallest absolute Gasteiger partial charge is 0.242 e. The van der Waals surface area contributed by atoms with Gasteiger partial charge in [0.2, 0.25) is 10.0 Å². The lowest BCUT2D eigenvalue weighted by atomic mass is 10.2. The molecule has 0 atom stereocenters. The van der Waals surface area contributed by atoms with Crippen LogP contribution in [0.25, 0.3) is 0 Å². The summed E-state index contributed by atoms with van der Waals surface area (Å²) in [5.41, 5.74) is 6.46. The van der Waals surface area contributed by atoms with Crippen molar-refractivity contribution >= 4 is 10.0 Å². The van der Waals surface area contributed by atoms with Crippen LogP contribution in [0, 0.1) is 0 Å². The molecule has 108 valence electrons. The summed E-state index contributed by atoms with van der Waals surface area (Å²) in [6, 6.07) is 7.07. The van der Waals surface area contributed by atoms with Gasteiger partial charge in [0.15, 0.2) is 0 Å². The van der Waals surface area contributed by atoms with Crippen molar-refractivity contribution in [2.45, 2.75) is 17.9 Å². The number of rotatable bonds is 7. The molecule has 1 rings (SSSR count). The summed E-state index contributed by atoms with van der Waals surface area (Å²) in [4.78, 5) is 2.47. The molecule has 0 aliphatic heterocycles. The van der Waals surface area contributed by atoms with Crippen LogP contribution in [0.3, 0.4) is 0 Å². The summed E-state index contributed by atoms with van der Waals surface area (Å²) in [5, 5.41) is 0. The van der Waals surface area contributed by atoms with Gasteiger partial charge in [-0.2, -0.15) is 0 Å². The van der Waals surface area contributed by atoms with Gasteiger partial charge in [-0.1, -0.05) is 12.1 Å². The number of nitrogens with zero attached hydrogens (tertiary/aromatic N) is 2. The summed E-state index contributed by atoms with van der Waals surface area (Å²) < 4.78 is 25.3. The first-order valence-electron chi connectivity index (χ1n) is 6.28. The van der Waals surface area contributed by atoms with Crippen LogP contribution in [0.15, 0.2) is 29.2 Å². The van der Waals surface area contributed by atoms with Crippen molar-refractivity contribution in [2.24, 2.45) is 5.73 Å². The number of benzene rings is 1. The molecule has 0 fully saturated rings. The van der Waals surface area contributed by atoms with Crippen molar-refractivity contribution in [1.82, 2.24) is 9.21 Å². The molecule has 1 aromatic carbocycles. The minimum Gasteiger partial charge on any atom is -0.330 e. The third kappa shape index (κ3) is 4.58. The highest BCUT2D eigenvalue weighted by Gasteiger charge is 2.17. The Kier molecular flexibility index (Phi) is 5.93. The van der Waals surface area contributed by atoms with E-state index in [9.17, 15) is 8.42 Å². The van der Waals surface area contributed by atoms with Crippen LogP contribution in [0.1, 0.15) is 12.0 Å².